The van der Waals surface area contributed by atoms with E-state index in [1.165, 1.54) is 54.1 Å². The summed E-state index contributed by atoms with van der Waals surface area (Å²) in [5, 5.41) is 4.72. The Hall–Kier alpha value is -0.410. The Labute approximate surface area is 101 Å². The molecular formula is C13H20N2S. The van der Waals surface area contributed by atoms with Gasteiger partial charge >= 0.3 is 0 Å². The maximum Gasteiger partial charge on any atom is 0.0962 e. The number of aromatic nitrogens is 1. The third-order valence-electron chi connectivity index (χ3n) is 3.75. The van der Waals surface area contributed by atoms with Crippen LogP contribution in [0, 0.1) is 0 Å². The van der Waals surface area contributed by atoms with Crippen molar-refractivity contribution in [3.8, 4) is 0 Å². The molecule has 1 heterocycles. The Kier molecular flexibility index (Phi) is 2.99. The van der Waals surface area contributed by atoms with Gasteiger partial charge in [0.1, 0.15) is 0 Å². The van der Waals surface area contributed by atoms with Crippen LogP contribution in [0.3, 0.4) is 0 Å². The van der Waals surface area contributed by atoms with E-state index in [0.717, 1.165) is 18.4 Å². The van der Waals surface area contributed by atoms with Crippen molar-refractivity contribution < 1.29 is 0 Å². The molecule has 2 saturated carbocycles. The van der Waals surface area contributed by atoms with Crippen molar-refractivity contribution in [1.82, 2.24) is 10.3 Å². The molecule has 0 spiro atoms. The molecule has 0 radical (unpaired) electrons. The molecule has 2 aliphatic rings. The van der Waals surface area contributed by atoms with E-state index in [2.05, 4.69) is 5.32 Å². The molecule has 3 rings (SSSR count). The van der Waals surface area contributed by atoms with Crippen LogP contribution in [0.2, 0.25) is 0 Å². The largest absolute Gasteiger partial charge is 0.315 e. The fourth-order valence-corrected chi connectivity index (χ4v) is 4.02. The lowest BCUT2D eigenvalue weighted by atomic mass is 10.1. The van der Waals surface area contributed by atoms with Crippen LogP contribution in [0.25, 0.3) is 0 Å². The molecule has 88 valence electrons. The minimum absolute atomic E-state index is 0.785. The molecular weight excluding hydrogens is 216 g/mol. The molecule has 0 unspecified atom stereocenters. The zero-order valence-electron chi connectivity index (χ0n) is 9.96. The average Bonchev–Trinajstić information content (AvgIpc) is 2.82. The van der Waals surface area contributed by atoms with Gasteiger partial charge in [0, 0.05) is 23.3 Å². The summed E-state index contributed by atoms with van der Waals surface area (Å²) in [4.78, 5) is 6.46. The summed E-state index contributed by atoms with van der Waals surface area (Å²) in [6.07, 6.45) is 8.29. The van der Waals surface area contributed by atoms with E-state index in [9.17, 15) is 0 Å². The summed E-state index contributed by atoms with van der Waals surface area (Å²) in [7, 11) is 2.03. The Morgan fingerprint density at radius 1 is 1.19 bits per heavy atom. The van der Waals surface area contributed by atoms with E-state index in [4.69, 9.17) is 4.98 Å². The normalized spacial score (nSPS) is 21.8. The molecule has 1 N–H and O–H groups in total. The molecule has 1 aromatic rings. The molecule has 0 aliphatic heterocycles. The highest BCUT2D eigenvalue weighted by Crippen LogP contribution is 2.45. The van der Waals surface area contributed by atoms with Gasteiger partial charge in [0.25, 0.3) is 0 Å². The molecule has 0 atom stereocenters. The van der Waals surface area contributed by atoms with E-state index < -0.39 is 0 Å². The summed E-state index contributed by atoms with van der Waals surface area (Å²) in [5.74, 6) is 1.59. The third-order valence-corrected chi connectivity index (χ3v) is 4.98. The first-order chi connectivity index (χ1) is 7.88. The SMILES string of the molecule is CNCc1sc(C2CCCC2)nc1C1CC1. The topological polar surface area (TPSA) is 24.9 Å². The van der Waals surface area contributed by atoms with Gasteiger partial charge in [-0.1, -0.05) is 12.8 Å². The minimum atomic E-state index is 0.785. The lowest BCUT2D eigenvalue weighted by Gasteiger charge is -2.02. The number of nitrogens with one attached hydrogen (secondary N) is 1. The Morgan fingerprint density at radius 3 is 2.56 bits per heavy atom. The van der Waals surface area contributed by atoms with Gasteiger partial charge in [0.15, 0.2) is 0 Å². The number of nitrogens with zero attached hydrogens (tertiary/aromatic N) is 1. The number of rotatable bonds is 4. The van der Waals surface area contributed by atoms with Gasteiger partial charge in [-0.05, 0) is 32.7 Å². The van der Waals surface area contributed by atoms with E-state index in [-0.39, 0.29) is 0 Å². The van der Waals surface area contributed by atoms with Crippen LogP contribution >= 0.6 is 11.3 Å². The van der Waals surface area contributed by atoms with Crippen molar-refractivity contribution in [2.75, 3.05) is 7.05 Å². The van der Waals surface area contributed by atoms with Gasteiger partial charge in [-0.3, -0.25) is 0 Å². The quantitative estimate of drug-likeness (QED) is 0.866. The molecule has 2 nitrogen and oxygen atoms in total. The average molecular weight is 236 g/mol. The second kappa shape index (κ2) is 4.46. The molecule has 0 bridgehead atoms. The molecule has 2 fully saturated rings. The predicted molar refractivity (Wildman–Crippen MR) is 68.1 cm³/mol. The summed E-state index contributed by atoms with van der Waals surface area (Å²) < 4.78 is 0. The summed E-state index contributed by atoms with van der Waals surface area (Å²) in [6.45, 7) is 1.01. The third kappa shape index (κ3) is 2.03. The van der Waals surface area contributed by atoms with Crippen molar-refractivity contribution >= 4 is 11.3 Å². The zero-order valence-corrected chi connectivity index (χ0v) is 10.8. The van der Waals surface area contributed by atoms with Crippen LogP contribution < -0.4 is 5.32 Å². The molecule has 1 aromatic heterocycles. The fraction of sp³-hybridized carbons (Fsp3) is 0.769. The van der Waals surface area contributed by atoms with Crippen LogP contribution in [-0.4, -0.2) is 12.0 Å². The Bertz CT molecular complexity index is 362. The van der Waals surface area contributed by atoms with Crippen LogP contribution in [0.1, 0.15) is 65.9 Å². The number of thiazole rings is 1. The smallest absolute Gasteiger partial charge is 0.0962 e. The predicted octanol–water partition coefficient (Wildman–Crippen LogP) is 3.40. The number of hydrogen-bond acceptors (Lipinski definition) is 3. The van der Waals surface area contributed by atoms with Crippen LogP contribution in [0.15, 0.2) is 0 Å². The van der Waals surface area contributed by atoms with Crippen LogP contribution in [0.4, 0.5) is 0 Å². The van der Waals surface area contributed by atoms with Crippen LogP contribution in [0.5, 0.6) is 0 Å². The van der Waals surface area contributed by atoms with Crippen molar-refractivity contribution in [2.45, 2.75) is 56.9 Å². The lowest BCUT2D eigenvalue weighted by molar-refractivity contribution is 0.711. The highest BCUT2D eigenvalue weighted by Gasteiger charge is 2.31. The lowest BCUT2D eigenvalue weighted by Crippen LogP contribution is -2.05. The first-order valence-corrected chi connectivity index (χ1v) is 7.34. The number of hydrogen-bond donors (Lipinski definition) is 1. The molecule has 3 heteroatoms. The summed E-state index contributed by atoms with van der Waals surface area (Å²) in [5.41, 5.74) is 1.43. The van der Waals surface area contributed by atoms with Gasteiger partial charge in [-0.15, -0.1) is 11.3 Å². The summed E-state index contributed by atoms with van der Waals surface area (Å²) in [6, 6.07) is 0. The molecule has 16 heavy (non-hydrogen) atoms. The Morgan fingerprint density at radius 2 is 1.94 bits per heavy atom. The van der Waals surface area contributed by atoms with Gasteiger partial charge in [-0.25, -0.2) is 4.98 Å². The van der Waals surface area contributed by atoms with Crippen molar-refractivity contribution in [1.29, 1.82) is 0 Å². The zero-order chi connectivity index (χ0) is 11.0. The standard InChI is InChI=1S/C13H20N2S/c1-14-8-11-12(9-6-7-9)15-13(16-11)10-4-2-3-5-10/h9-10,14H,2-8H2,1H3. The van der Waals surface area contributed by atoms with Crippen molar-refractivity contribution in [3.63, 3.8) is 0 Å². The van der Waals surface area contributed by atoms with Gasteiger partial charge < -0.3 is 5.32 Å². The van der Waals surface area contributed by atoms with Crippen LogP contribution in [-0.2, 0) is 6.54 Å². The monoisotopic (exact) mass is 236 g/mol. The Balaban J connectivity index is 1.85. The second-order valence-corrected chi connectivity index (χ2v) is 6.26. The fourth-order valence-electron chi connectivity index (χ4n) is 2.69. The molecule has 0 aromatic carbocycles. The summed E-state index contributed by atoms with van der Waals surface area (Å²) >= 11 is 1.98. The molecule has 0 saturated heterocycles. The van der Waals surface area contributed by atoms with Gasteiger partial charge in [-0.2, -0.15) is 0 Å². The van der Waals surface area contributed by atoms with Crippen molar-refractivity contribution in [3.05, 3.63) is 15.6 Å². The minimum Gasteiger partial charge on any atom is -0.315 e. The van der Waals surface area contributed by atoms with E-state index in [1.54, 1.807) is 0 Å². The van der Waals surface area contributed by atoms with E-state index in [1.807, 2.05) is 18.4 Å². The highest BCUT2D eigenvalue weighted by atomic mass is 32.1. The maximum absolute atomic E-state index is 4.95. The van der Waals surface area contributed by atoms with Gasteiger partial charge in [0.05, 0.1) is 10.7 Å². The van der Waals surface area contributed by atoms with E-state index >= 15 is 0 Å². The van der Waals surface area contributed by atoms with Crippen molar-refractivity contribution in [2.24, 2.45) is 0 Å². The highest BCUT2D eigenvalue weighted by molar-refractivity contribution is 7.11. The second-order valence-electron chi connectivity index (χ2n) is 5.15. The van der Waals surface area contributed by atoms with E-state index in [0.29, 0.717) is 0 Å². The van der Waals surface area contributed by atoms with Gasteiger partial charge in [0.2, 0.25) is 0 Å². The molecule has 2 aliphatic carbocycles. The first kappa shape index (κ1) is 10.7. The first-order valence-electron chi connectivity index (χ1n) is 6.52. The molecule has 0 amide bonds. The maximum atomic E-state index is 4.95.